The van der Waals surface area contributed by atoms with Crippen LogP contribution in [0.15, 0.2) is 48.3 Å². The van der Waals surface area contributed by atoms with Crippen molar-refractivity contribution in [1.82, 2.24) is 19.7 Å². The average molecular weight is 383 g/mol. The van der Waals surface area contributed by atoms with Crippen molar-refractivity contribution in [3.63, 3.8) is 0 Å². The Morgan fingerprint density at radius 1 is 1.32 bits per heavy atom. The summed E-state index contributed by atoms with van der Waals surface area (Å²) in [4.78, 5) is 4.29. The molecule has 0 unspecified atom stereocenters. The van der Waals surface area contributed by atoms with E-state index in [0.717, 1.165) is 5.39 Å². The van der Waals surface area contributed by atoms with Gasteiger partial charge in [-0.15, -0.1) is 16.8 Å². The minimum absolute atomic E-state index is 0.0535. The van der Waals surface area contributed by atoms with Crippen LogP contribution in [0.3, 0.4) is 0 Å². The maximum absolute atomic E-state index is 12.6. The zero-order chi connectivity index (χ0) is 17.8. The van der Waals surface area contributed by atoms with Gasteiger partial charge < -0.3 is 4.74 Å². The number of halogens is 3. The Labute approximate surface area is 151 Å². The molecule has 0 atom stereocenters. The van der Waals surface area contributed by atoms with Gasteiger partial charge in [0.1, 0.15) is 17.9 Å². The fourth-order valence-corrected chi connectivity index (χ4v) is 3.05. The lowest BCUT2D eigenvalue weighted by atomic mass is 10.2. The monoisotopic (exact) mass is 382 g/mol. The first-order valence-electron chi connectivity index (χ1n) is 7.24. The van der Waals surface area contributed by atoms with Crippen LogP contribution >= 0.6 is 23.4 Å². The summed E-state index contributed by atoms with van der Waals surface area (Å²) in [7, 11) is 0. The summed E-state index contributed by atoms with van der Waals surface area (Å²) < 4.78 is 32.6. The van der Waals surface area contributed by atoms with Gasteiger partial charge in [-0.2, -0.15) is 8.78 Å². The van der Waals surface area contributed by atoms with E-state index >= 15 is 0 Å². The second-order valence-corrected chi connectivity index (χ2v) is 6.27. The molecule has 0 N–H and O–H groups in total. The van der Waals surface area contributed by atoms with Crippen molar-refractivity contribution in [2.45, 2.75) is 24.1 Å². The number of rotatable bonds is 7. The topological polar surface area (TPSA) is 52.8 Å². The summed E-state index contributed by atoms with van der Waals surface area (Å²) in [5.74, 6) is -1.63. The van der Waals surface area contributed by atoms with Gasteiger partial charge in [-0.1, -0.05) is 17.7 Å². The molecule has 0 aliphatic rings. The number of aromatic nitrogens is 4. The maximum atomic E-state index is 12.6. The molecule has 0 radical (unpaired) electrons. The summed E-state index contributed by atoms with van der Waals surface area (Å²) in [5.41, 5.74) is 0.618. The second kappa shape index (κ2) is 7.79. The zero-order valence-electron chi connectivity index (χ0n) is 12.9. The molecule has 9 heteroatoms. The molecule has 0 aliphatic carbocycles. The average Bonchev–Trinajstić information content (AvgIpc) is 2.96. The fourth-order valence-electron chi connectivity index (χ4n) is 2.28. The van der Waals surface area contributed by atoms with E-state index in [-0.39, 0.29) is 11.8 Å². The highest BCUT2D eigenvalue weighted by Gasteiger charge is 2.17. The highest BCUT2D eigenvalue weighted by atomic mass is 35.5. The first kappa shape index (κ1) is 17.6. The van der Waals surface area contributed by atoms with Crippen LogP contribution in [0.5, 0.6) is 5.75 Å². The van der Waals surface area contributed by atoms with Gasteiger partial charge in [0.2, 0.25) is 0 Å². The summed E-state index contributed by atoms with van der Waals surface area (Å²) in [6, 6.07) is 7.05. The van der Waals surface area contributed by atoms with Crippen LogP contribution in [0.2, 0.25) is 5.02 Å². The molecule has 0 aliphatic heterocycles. The van der Waals surface area contributed by atoms with Gasteiger partial charge in [0.05, 0.1) is 5.02 Å². The number of nitrogens with zero attached hydrogens (tertiary/aromatic N) is 4. The molecule has 3 aromatic rings. The van der Waals surface area contributed by atoms with E-state index in [4.69, 9.17) is 16.3 Å². The van der Waals surface area contributed by atoms with Crippen LogP contribution in [-0.2, 0) is 13.2 Å². The maximum Gasteiger partial charge on any atom is 0.291 e. The van der Waals surface area contributed by atoms with Crippen LogP contribution in [0.25, 0.3) is 10.9 Å². The standard InChI is InChI=1S/C16H13ClF2N4OS/c1-2-8-23-13(21-22-16(23)25-15(18)19)9-24-12-6-5-11(17)10-4-3-7-20-14(10)12/h2-7,15H,1,8-9H2. The van der Waals surface area contributed by atoms with Crippen molar-refractivity contribution in [3.05, 3.63) is 54.0 Å². The molecule has 1 aromatic carbocycles. The number of benzene rings is 1. The van der Waals surface area contributed by atoms with Crippen molar-refractivity contribution in [1.29, 1.82) is 0 Å². The van der Waals surface area contributed by atoms with E-state index in [1.807, 2.05) is 6.07 Å². The van der Waals surface area contributed by atoms with Gasteiger partial charge in [-0.05, 0) is 36.0 Å². The first-order valence-corrected chi connectivity index (χ1v) is 8.49. The molecule has 5 nitrogen and oxygen atoms in total. The van der Waals surface area contributed by atoms with Crippen LogP contribution in [0.4, 0.5) is 8.78 Å². The molecule has 2 heterocycles. The summed E-state index contributed by atoms with van der Waals surface area (Å²) in [5, 5.41) is 9.19. The summed E-state index contributed by atoms with van der Waals surface area (Å²) >= 11 is 6.49. The molecule has 2 aromatic heterocycles. The number of hydrogen-bond donors (Lipinski definition) is 0. The largest absolute Gasteiger partial charge is 0.483 e. The second-order valence-electron chi connectivity index (χ2n) is 4.91. The quantitative estimate of drug-likeness (QED) is 0.443. The third kappa shape index (κ3) is 3.91. The molecule has 3 rings (SSSR count). The lowest BCUT2D eigenvalue weighted by Gasteiger charge is -2.11. The van der Waals surface area contributed by atoms with Crippen molar-refractivity contribution >= 4 is 34.3 Å². The molecule has 0 amide bonds. The Bertz CT molecular complexity index is 903. The summed E-state index contributed by atoms with van der Waals surface area (Å²) in [6.07, 6.45) is 3.23. The molecule has 0 fully saturated rings. The van der Waals surface area contributed by atoms with Crippen LogP contribution < -0.4 is 4.74 Å². The smallest absolute Gasteiger partial charge is 0.291 e. The van der Waals surface area contributed by atoms with Gasteiger partial charge in [0, 0.05) is 18.1 Å². The number of thioether (sulfide) groups is 1. The Morgan fingerprint density at radius 3 is 2.92 bits per heavy atom. The molecule has 0 saturated heterocycles. The van der Waals surface area contributed by atoms with Crippen LogP contribution in [0.1, 0.15) is 5.82 Å². The zero-order valence-corrected chi connectivity index (χ0v) is 14.5. The molecule has 0 saturated carbocycles. The normalized spacial score (nSPS) is 11.2. The lowest BCUT2D eigenvalue weighted by molar-refractivity contribution is 0.251. The molecular formula is C16H13ClF2N4OS. The Hall–Kier alpha value is -2.19. The van der Waals surface area contributed by atoms with E-state index in [1.165, 1.54) is 4.57 Å². The van der Waals surface area contributed by atoms with E-state index in [2.05, 4.69) is 21.8 Å². The summed E-state index contributed by atoms with van der Waals surface area (Å²) in [6.45, 7) is 3.99. The van der Waals surface area contributed by atoms with Gasteiger partial charge in [-0.3, -0.25) is 9.55 Å². The van der Waals surface area contributed by atoms with Gasteiger partial charge in [0.15, 0.2) is 11.0 Å². The van der Waals surface area contributed by atoms with E-state index in [0.29, 0.717) is 40.4 Å². The predicted molar refractivity (Wildman–Crippen MR) is 93.2 cm³/mol. The molecule has 0 spiro atoms. The number of alkyl halides is 2. The van der Waals surface area contributed by atoms with E-state index < -0.39 is 5.76 Å². The van der Waals surface area contributed by atoms with Crippen LogP contribution in [0, 0.1) is 0 Å². The van der Waals surface area contributed by atoms with Crippen molar-refractivity contribution in [2.24, 2.45) is 0 Å². The van der Waals surface area contributed by atoms with E-state index in [1.54, 1.807) is 30.5 Å². The van der Waals surface area contributed by atoms with Gasteiger partial charge in [-0.25, -0.2) is 0 Å². The molecule has 0 bridgehead atoms. The molecular weight excluding hydrogens is 370 g/mol. The molecule has 25 heavy (non-hydrogen) atoms. The number of hydrogen-bond acceptors (Lipinski definition) is 5. The first-order chi connectivity index (χ1) is 12.1. The Kier molecular flexibility index (Phi) is 5.50. The van der Waals surface area contributed by atoms with Crippen LogP contribution in [-0.4, -0.2) is 25.5 Å². The third-order valence-electron chi connectivity index (χ3n) is 3.34. The highest BCUT2D eigenvalue weighted by Crippen LogP contribution is 2.30. The Morgan fingerprint density at radius 2 is 2.16 bits per heavy atom. The number of allylic oxidation sites excluding steroid dienone is 1. The Balaban J connectivity index is 1.86. The molecule has 130 valence electrons. The third-order valence-corrected chi connectivity index (χ3v) is 4.36. The van der Waals surface area contributed by atoms with Crippen molar-refractivity contribution in [3.8, 4) is 5.75 Å². The van der Waals surface area contributed by atoms with Gasteiger partial charge in [0.25, 0.3) is 5.76 Å². The highest BCUT2D eigenvalue weighted by molar-refractivity contribution is 7.99. The fraction of sp³-hybridized carbons (Fsp3) is 0.188. The number of ether oxygens (including phenoxy) is 1. The predicted octanol–water partition coefficient (Wildman–Crippen LogP) is 4.56. The minimum Gasteiger partial charge on any atom is -0.483 e. The van der Waals surface area contributed by atoms with E-state index in [9.17, 15) is 8.78 Å². The lowest BCUT2D eigenvalue weighted by Crippen LogP contribution is -2.08. The van der Waals surface area contributed by atoms with Crippen molar-refractivity contribution < 1.29 is 13.5 Å². The SMILES string of the molecule is C=CCn1c(COc2ccc(Cl)c3cccnc23)nnc1SC(F)F. The number of fused-ring (bicyclic) bond motifs is 1. The van der Waals surface area contributed by atoms with Crippen molar-refractivity contribution in [2.75, 3.05) is 0 Å². The minimum atomic E-state index is -2.58. The van der Waals surface area contributed by atoms with Gasteiger partial charge >= 0.3 is 0 Å². The number of pyridine rings is 1.